The zero-order valence-electron chi connectivity index (χ0n) is 78.2. The summed E-state index contributed by atoms with van der Waals surface area (Å²) in [7, 11) is 0. The van der Waals surface area contributed by atoms with E-state index in [1.54, 1.807) is 194 Å². The number of ketones is 4. The molecular formula is C118H99F2Li2N6O16+. The van der Waals surface area contributed by atoms with Gasteiger partial charge in [-0.1, -0.05) is 185 Å². The number of para-hydroxylation sites is 8. The molecule has 0 aliphatic rings. The smallest absolute Gasteiger partial charge is 0.548 e. The molecule has 18 aromatic rings. The normalized spacial score (nSPS) is 11.6. The summed E-state index contributed by atoms with van der Waals surface area (Å²) in [6.07, 6.45) is 0.350. The second-order valence-electron chi connectivity index (χ2n) is 33.3. The van der Waals surface area contributed by atoms with Gasteiger partial charge in [-0.2, -0.15) is 0 Å². The maximum atomic E-state index is 13.9. The Morgan fingerprint density at radius 3 is 0.736 bits per heavy atom. The number of hydrogen-bond donors (Lipinski definition) is 6. The second kappa shape index (κ2) is 48.8. The van der Waals surface area contributed by atoms with Gasteiger partial charge in [0.15, 0.2) is 23.1 Å². The van der Waals surface area contributed by atoms with Crippen LogP contribution in [0.25, 0.3) is 43.6 Å². The van der Waals surface area contributed by atoms with Gasteiger partial charge in [0.1, 0.15) is 71.4 Å². The first-order chi connectivity index (χ1) is 68.1. The third-order valence-electron chi connectivity index (χ3n) is 24.1. The Kier molecular flexibility index (Phi) is 35.4. The molecule has 16 aromatic carbocycles. The summed E-state index contributed by atoms with van der Waals surface area (Å²) >= 11 is 0. The minimum atomic E-state index is -1.37. The van der Waals surface area contributed by atoms with Gasteiger partial charge in [0.2, 0.25) is 0 Å². The Morgan fingerprint density at radius 1 is 0.278 bits per heavy atom. The number of rotatable bonds is 40. The van der Waals surface area contributed by atoms with Crippen LogP contribution < -0.4 is 88.1 Å². The van der Waals surface area contributed by atoms with Crippen LogP contribution in [-0.2, 0) is 58.0 Å². The van der Waals surface area contributed by atoms with Crippen molar-refractivity contribution in [2.45, 2.75) is 77.8 Å². The molecule has 18 rings (SSSR count). The number of aromatic nitrogens is 2. The number of carboxylic acid groups (broad SMARTS) is 4. The van der Waals surface area contributed by atoms with E-state index in [0.29, 0.717) is 111 Å². The molecule has 2 aromatic heterocycles. The zero-order valence-corrected chi connectivity index (χ0v) is 77.2. The molecule has 0 aliphatic heterocycles. The van der Waals surface area contributed by atoms with Crippen molar-refractivity contribution in [2.24, 2.45) is 0 Å². The van der Waals surface area contributed by atoms with Gasteiger partial charge in [0.05, 0.1) is 37.1 Å². The van der Waals surface area contributed by atoms with E-state index in [4.69, 9.17) is 18.9 Å². The largest absolute Gasteiger partial charge is 1.00 e. The van der Waals surface area contributed by atoms with Crippen LogP contribution >= 0.6 is 0 Å². The standard InChI is InChI=1S/2C58H46FN3O8.2CH4.2Li/c2*59-41-25-21-39(22-26-41)55(63)47-11-1-5-13-49(47)60-52(58(67)68)36-38-19-29-43(30-20-38)70-44-31-23-40(24-32-44)56(64)48-12-2-6-14-50(48)61-51(57(65)66)35-37-17-27-42(28-18-37)69-34-33-62-53-15-7-3-9-45(53)46-10-4-8-16-54(46)62;;;;/h2*1-32,51-52,60-61H,33-36H2,(H,65,66)(H,67,68);2*1H4;;/q;;;;2*+1/p-1. The van der Waals surface area contributed by atoms with Gasteiger partial charge in [0, 0.05) is 124 Å². The van der Waals surface area contributed by atoms with Gasteiger partial charge in [-0.25, -0.2) is 18.4 Å². The first kappa shape index (κ1) is 104. The van der Waals surface area contributed by atoms with E-state index in [0.717, 1.165) is 33.2 Å². The monoisotopic (exact) mass is 1910 g/mol. The number of carbonyl (C=O) groups excluding carboxylic acids is 6. The minimum Gasteiger partial charge on any atom is -0.548 e. The zero-order chi connectivity index (χ0) is 97.1. The minimum absolute atomic E-state index is 0. The number of carbonyl (C=O) groups is 8. The molecule has 2 heterocycles. The third-order valence-corrected chi connectivity index (χ3v) is 24.1. The Balaban J connectivity index is 0.000000250. The fourth-order valence-corrected chi connectivity index (χ4v) is 17.0. The fraction of sp³-hybridized carbons (Fsp3) is 0.119. The number of hydrogen-bond acceptors (Lipinski definition) is 18. The third kappa shape index (κ3) is 25.5. The molecule has 0 bridgehead atoms. The molecule has 4 atom stereocenters. The molecule has 6 N–H and O–H groups in total. The number of aliphatic carboxylic acids is 4. The van der Waals surface area contributed by atoms with Gasteiger partial charge < -0.3 is 79.4 Å². The van der Waals surface area contributed by atoms with Crippen LogP contribution in [0.5, 0.6) is 34.5 Å². The summed E-state index contributed by atoms with van der Waals surface area (Å²) in [4.78, 5) is 104. The van der Waals surface area contributed by atoms with Gasteiger partial charge in [-0.15, -0.1) is 0 Å². The number of anilines is 4. The maximum Gasteiger partial charge on any atom is 1.00 e. The Morgan fingerprint density at radius 2 is 0.486 bits per heavy atom. The van der Waals surface area contributed by atoms with Crippen LogP contribution in [0.2, 0.25) is 0 Å². The van der Waals surface area contributed by atoms with E-state index in [9.17, 15) is 67.6 Å². The van der Waals surface area contributed by atoms with Crippen molar-refractivity contribution in [1.29, 1.82) is 0 Å². The molecule has 4 unspecified atom stereocenters. The summed E-state index contributed by atoms with van der Waals surface area (Å²) in [6.45, 7) is 2.17. The summed E-state index contributed by atoms with van der Waals surface area (Å²) in [5.41, 5.74) is 11.1. The van der Waals surface area contributed by atoms with Crippen LogP contribution in [0.3, 0.4) is 0 Å². The number of fused-ring (bicyclic) bond motifs is 6. The molecule has 0 saturated carbocycles. The molecule has 712 valence electrons. The molecule has 0 spiro atoms. The Labute approximate surface area is 855 Å². The SMILES string of the molecule is C.C.O=C(c1ccc(F)cc1)c1ccccc1NC(Cc1ccc(Oc2ccc(C(=O)c3ccccc3NC(Cc3ccc(OCCn4c5ccccc5c5ccccc54)cc3)C(=O)O)cc2)cc1)C(=O)O.O=C(c1ccc(F)cc1)c1ccccc1NC(Cc1ccc(Oc2ccc(C(=O)c3ccccc3NC(Cc3ccc(OCCn4c5ccccc5c5ccccc54)cc3)C(=O)[O-])cc2)cc1)C(=O)[O-].[H+].[Li+].[Li+]. The number of ether oxygens (including phenoxy) is 4. The average molecular weight is 1910 g/mol. The number of halogens is 2. The van der Waals surface area contributed by atoms with E-state index in [-0.39, 0.29) is 125 Å². The predicted molar refractivity (Wildman–Crippen MR) is 545 cm³/mol. The number of carboxylic acids is 4. The van der Waals surface area contributed by atoms with Gasteiger partial charge in [-0.05, 0) is 253 Å². The average Bonchev–Trinajstić information content (AvgIpc) is 1.62. The van der Waals surface area contributed by atoms with Crippen LogP contribution in [0.15, 0.2) is 388 Å². The first-order valence-electron chi connectivity index (χ1n) is 45.2. The van der Waals surface area contributed by atoms with Gasteiger partial charge in [-0.3, -0.25) is 19.2 Å². The maximum absolute atomic E-state index is 13.9. The van der Waals surface area contributed by atoms with Crippen LogP contribution in [0.4, 0.5) is 31.5 Å². The number of nitrogens with one attached hydrogen (secondary N) is 4. The summed E-state index contributed by atoms with van der Waals surface area (Å²) in [5.74, 6) is -4.10. The van der Waals surface area contributed by atoms with Crippen LogP contribution in [-0.4, -0.2) is 104 Å². The summed E-state index contributed by atoms with van der Waals surface area (Å²) in [6, 6.07) is 107. The first-order valence-corrected chi connectivity index (χ1v) is 45.2. The molecule has 144 heavy (non-hydrogen) atoms. The summed E-state index contributed by atoms with van der Waals surface area (Å²) in [5, 5.41) is 61.9. The number of benzene rings is 16. The van der Waals surface area contributed by atoms with Crippen molar-refractivity contribution in [1.82, 2.24) is 9.13 Å². The van der Waals surface area contributed by atoms with E-state index in [1.807, 2.05) is 97.1 Å². The molecule has 26 heteroatoms. The van der Waals surface area contributed by atoms with E-state index >= 15 is 0 Å². The van der Waals surface area contributed by atoms with Crippen molar-refractivity contribution in [3.8, 4) is 34.5 Å². The second-order valence-corrected chi connectivity index (χ2v) is 33.3. The van der Waals surface area contributed by atoms with Crippen LogP contribution in [0.1, 0.15) is 102 Å². The molecule has 0 saturated heterocycles. The quantitative estimate of drug-likeness (QED) is 0.0153. The topological polar surface area (TPSA) is 318 Å². The molecule has 0 fully saturated rings. The summed E-state index contributed by atoms with van der Waals surface area (Å²) < 4.78 is 55.8. The molecule has 22 nitrogen and oxygen atoms in total. The van der Waals surface area contributed by atoms with Gasteiger partial charge >= 0.3 is 51.1 Å². The van der Waals surface area contributed by atoms with E-state index < -0.39 is 65.5 Å². The number of nitrogens with zero attached hydrogens (tertiary/aromatic N) is 2. The van der Waals surface area contributed by atoms with Crippen molar-refractivity contribution in [2.75, 3.05) is 34.5 Å². The van der Waals surface area contributed by atoms with Crippen molar-refractivity contribution < 1.29 is 126 Å². The van der Waals surface area contributed by atoms with Crippen molar-refractivity contribution >= 4 is 113 Å². The van der Waals surface area contributed by atoms with Gasteiger partial charge in [0.25, 0.3) is 0 Å². The molecule has 0 radical (unpaired) electrons. The fourth-order valence-electron chi connectivity index (χ4n) is 17.0. The van der Waals surface area contributed by atoms with E-state index in [1.165, 1.54) is 70.1 Å². The Hall–Kier alpha value is -16.9. The van der Waals surface area contributed by atoms with Crippen LogP contribution in [0, 0.1) is 11.6 Å². The Bertz CT molecular complexity index is 7040. The van der Waals surface area contributed by atoms with Crippen molar-refractivity contribution in [3.05, 3.63) is 467 Å². The molecular weight excluding hydrogens is 1810 g/mol. The van der Waals surface area contributed by atoms with E-state index in [2.05, 4.69) is 78.9 Å². The predicted octanol–water partition coefficient (Wildman–Crippen LogP) is 15.7. The van der Waals surface area contributed by atoms with Crippen molar-refractivity contribution in [3.63, 3.8) is 0 Å². The molecule has 0 aliphatic carbocycles. The molecule has 0 amide bonds.